The Balaban J connectivity index is 2.49. The zero-order valence-electron chi connectivity index (χ0n) is 9.36. The molecule has 17 heavy (non-hydrogen) atoms. The highest BCUT2D eigenvalue weighted by Crippen LogP contribution is 1.96. The Morgan fingerprint density at radius 1 is 1.53 bits per heavy atom. The van der Waals surface area contributed by atoms with Gasteiger partial charge in [-0.1, -0.05) is 0 Å². The van der Waals surface area contributed by atoms with Crippen LogP contribution in [0.15, 0.2) is 0 Å². The van der Waals surface area contributed by atoms with E-state index >= 15 is 0 Å². The average Bonchev–Trinajstić information content (AvgIpc) is 2.28. The molecule has 1 heterocycles. The molecule has 4 N–H and O–H groups in total. The van der Waals surface area contributed by atoms with Gasteiger partial charge in [0.1, 0.15) is 6.54 Å². The van der Waals surface area contributed by atoms with Crippen LogP contribution in [-0.2, 0) is 19.2 Å². The Kier molecular flexibility index (Phi) is 4.16. The molecule has 0 spiro atoms. The fourth-order valence-corrected chi connectivity index (χ4v) is 1.20. The zero-order chi connectivity index (χ0) is 13.0. The van der Waals surface area contributed by atoms with Gasteiger partial charge in [0.25, 0.3) is 0 Å². The summed E-state index contributed by atoms with van der Waals surface area (Å²) >= 11 is 0. The van der Waals surface area contributed by atoms with Gasteiger partial charge in [-0.2, -0.15) is 0 Å². The minimum Gasteiger partial charge on any atom is -0.346 e. The molecule has 4 amide bonds. The van der Waals surface area contributed by atoms with E-state index in [4.69, 9.17) is 5.73 Å². The number of amides is 4. The molecule has 0 aromatic rings. The molecular formula is C9H14N4O4. The Morgan fingerprint density at radius 2 is 2.18 bits per heavy atom. The Bertz CT molecular complexity index is 366. The van der Waals surface area contributed by atoms with Gasteiger partial charge in [-0.25, -0.2) is 0 Å². The Morgan fingerprint density at radius 3 is 2.76 bits per heavy atom. The number of hydrogen-bond acceptors (Lipinski definition) is 5. The maximum Gasteiger partial charge on any atom is 0.249 e. The van der Waals surface area contributed by atoms with Crippen molar-refractivity contribution in [1.29, 1.82) is 0 Å². The maximum atomic E-state index is 11.6. The lowest BCUT2D eigenvalue weighted by atomic mass is 10.3. The second kappa shape index (κ2) is 5.39. The number of rotatable bonds is 3. The molecule has 0 aliphatic carbocycles. The second-order valence-corrected chi connectivity index (χ2v) is 3.66. The number of imide groups is 1. The summed E-state index contributed by atoms with van der Waals surface area (Å²) in [6, 6.07) is -0.733. The van der Waals surface area contributed by atoms with E-state index in [1.54, 1.807) is 0 Å². The van der Waals surface area contributed by atoms with Crippen molar-refractivity contribution < 1.29 is 19.2 Å². The summed E-state index contributed by atoms with van der Waals surface area (Å²) in [5, 5.41) is 4.59. The number of carbonyl (C=O) groups excluding carboxylic acids is 4. The summed E-state index contributed by atoms with van der Waals surface area (Å²) in [5.74, 6) is -2.02. The molecule has 8 nitrogen and oxygen atoms in total. The highest BCUT2D eigenvalue weighted by Gasteiger charge is 2.28. The van der Waals surface area contributed by atoms with Gasteiger partial charge in [-0.05, 0) is 6.92 Å². The first-order chi connectivity index (χ1) is 7.91. The van der Waals surface area contributed by atoms with Crippen LogP contribution in [0, 0.1) is 0 Å². The van der Waals surface area contributed by atoms with Crippen molar-refractivity contribution in [3.8, 4) is 0 Å². The van der Waals surface area contributed by atoms with Crippen molar-refractivity contribution >= 4 is 23.6 Å². The smallest absolute Gasteiger partial charge is 0.249 e. The molecule has 0 bridgehead atoms. The number of hydrogen-bond donors (Lipinski definition) is 3. The summed E-state index contributed by atoms with van der Waals surface area (Å²) in [6.07, 6.45) is 0. The first kappa shape index (κ1) is 13.1. The number of carbonyl (C=O) groups is 4. The van der Waals surface area contributed by atoms with Gasteiger partial charge in [0, 0.05) is 0 Å². The molecule has 1 fully saturated rings. The third kappa shape index (κ3) is 3.52. The van der Waals surface area contributed by atoms with E-state index in [2.05, 4.69) is 10.6 Å². The van der Waals surface area contributed by atoms with E-state index in [1.807, 2.05) is 0 Å². The topological polar surface area (TPSA) is 122 Å². The predicted molar refractivity (Wildman–Crippen MR) is 56.4 cm³/mol. The molecule has 1 saturated heterocycles. The molecular weight excluding hydrogens is 228 g/mol. The SMILES string of the molecule is CC(N)C(=O)NCC(=O)N1CC(=O)NCC1=O. The van der Waals surface area contributed by atoms with E-state index in [-0.39, 0.29) is 19.6 Å². The Hall–Kier alpha value is -1.96. The first-order valence-electron chi connectivity index (χ1n) is 5.05. The number of nitrogens with zero attached hydrogens (tertiary/aromatic N) is 1. The highest BCUT2D eigenvalue weighted by atomic mass is 16.2. The second-order valence-electron chi connectivity index (χ2n) is 3.66. The van der Waals surface area contributed by atoms with E-state index in [0.29, 0.717) is 0 Å². The third-order valence-corrected chi connectivity index (χ3v) is 2.17. The monoisotopic (exact) mass is 242 g/mol. The molecule has 0 radical (unpaired) electrons. The first-order valence-corrected chi connectivity index (χ1v) is 5.05. The minimum absolute atomic E-state index is 0.203. The van der Waals surface area contributed by atoms with Crippen molar-refractivity contribution in [2.75, 3.05) is 19.6 Å². The van der Waals surface area contributed by atoms with Crippen LogP contribution in [0.3, 0.4) is 0 Å². The molecule has 0 saturated carbocycles. The van der Waals surface area contributed by atoms with E-state index in [9.17, 15) is 19.2 Å². The fraction of sp³-hybridized carbons (Fsp3) is 0.556. The van der Waals surface area contributed by atoms with Crippen LogP contribution in [0.1, 0.15) is 6.92 Å². The largest absolute Gasteiger partial charge is 0.346 e. The van der Waals surface area contributed by atoms with Crippen LogP contribution in [0.25, 0.3) is 0 Å². The Labute approximate surface area is 97.5 Å². The van der Waals surface area contributed by atoms with Crippen LogP contribution in [0.2, 0.25) is 0 Å². The van der Waals surface area contributed by atoms with E-state index < -0.39 is 29.7 Å². The molecule has 1 atom stereocenters. The summed E-state index contributed by atoms with van der Waals surface area (Å²) in [6.45, 7) is 0.607. The van der Waals surface area contributed by atoms with Crippen molar-refractivity contribution in [3.05, 3.63) is 0 Å². The number of nitrogens with one attached hydrogen (secondary N) is 2. The quantitative estimate of drug-likeness (QED) is 0.485. The van der Waals surface area contributed by atoms with Crippen LogP contribution >= 0.6 is 0 Å². The molecule has 94 valence electrons. The van der Waals surface area contributed by atoms with Crippen LogP contribution in [-0.4, -0.2) is 54.2 Å². The molecule has 0 aromatic carbocycles. The third-order valence-electron chi connectivity index (χ3n) is 2.17. The van der Waals surface area contributed by atoms with Gasteiger partial charge < -0.3 is 16.4 Å². The summed E-state index contributed by atoms with van der Waals surface area (Å²) < 4.78 is 0. The van der Waals surface area contributed by atoms with Gasteiger partial charge in [0.05, 0.1) is 19.1 Å². The zero-order valence-corrected chi connectivity index (χ0v) is 9.36. The van der Waals surface area contributed by atoms with E-state index in [1.165, 1.54) is 6.92 Å². The van der Waals surface area contributed by atoms with Crippen molar-refractivity contribution in [2.45, 2.75) is 13.0 Å². The number of nitrogens with two attached hydrogens (primary N) is 1. The normalized spacial score (nSPS) is 17.4. The highest BCUT2D eigenvalue weighted by molar-refractivity contribution is 6.04. The lowest BCUT2D eigenvalue weighted by molar-refractivity contribution is -0.150. The summed E-state index contributed by atoms with van der Waals surface area (Å²) in [7, 11) is 0. The number of piperazine rings is 1. The van der Waals surface area contributed by atoms with Crippen molar-refractivity contribution in [3.63, 3.8) is 0 Å². The van der Waals surface area contributed by atoms with Crippen LogP contribution in [0.5, 0.6) is 0 Å². The van der Waals surface area contributed by atoms with E-state index in [0.717, 1.165) is 4.90 Å². The van der Waals surface area contributed by atoms with Crippen molar-refractivity contribution in [2.24, 2.45) is 5.73 Å². The van der Waals surface area contributed by atoms with Gasteiger partial charge in [-0.3, -0.25) is 24.1 Å². The van der Waals surface area contributed by atoms with Gasteiger partial charge in [-0.15, -0.1) is 0 Å². The molecule has 1 rings (SSSR count). The molecule has 1 aliphatic rings. The van der Waals surface area contributed by atoms with Crippen LogP contribution < -0.4 is 16.4 Å². The average molecular weight is 242 g/mol. The summed E-state index contributed by atoms with van der Waals surface area (Å²) in [5.41, 5.74) is 5.28. The van der Waals surface area contributed by atoms with Gasteiger partial charge in [0.2, 0.25) is 23.6 Å². The van der Waals surface area contributed by atoms with Gasteiger partial charge in [0.15, 0.2) is 0 Å². The minimum atomic E-state index is -0.733. The molecule has 8 heteroatoms. The lowest BCUT2D eigenvalue weighted by Crippen LogP contribution is -2.56. The van der Waals surface area contributed by atoms with Gasteiger partial charge >= 0.3 is 0 Å². The summed E-state index contributed by atoms with van der Waals surface area (Å²) in [4.78, 5) is 45.8. The molecule has 1 aliphatic heterocycles. The standard InChI is InChI=1S/C9H14N4O4/c1-5(10)9(17)12-3-8(16)13-4-6(14)11-2-7(13)15/h5H,2-4,10H2,1H3,(H,11,14)(H,12,17). The maximum absolute atomic E-state index is 11.6. The fourth-order valence-electron chi connectivity index (χ4n) is 1.20. The molecule has 0 aromatic heterocycles. The molecule has 1 unspecified atom stereocenters. The predicted octanol–water partition coefficient (Wildman–Crippen LogP) is -3.07. The lowest BCUT2D eigenvalue weighted by Gasteiger charge is -2.24. The van der Waals surface area contributed by atoms with Crippen molar-refractivity contribution in [1.82, 2.24) is 15.5 Å². The van der Waals surface area contributed by atoms with Crippen LogP contribution in [0.4, 0.5) is 0 Å².